The quantitative estimate of drug-likeness (QED) is 0.772. The average Bonchev–Trinajstić information content (AvgIpc) is 2.68. The Morgan fingerprint density at radius 1 is 1.04 bits per heavy atom. The predicted octanol–water partition coefficient (Wildman–Crippen LogP) is 3.19. The molecule has 27 heavy (non-hydrogen) atoms. The molecule has 2 atom stereocenters. The molecule has 1 aliphatic heterocycles. The van der Waals surface area contributed by atoms with Crippen LogP contribution in [0.15, 0.2) is 54.6 Å². The van der Waals surface area contributed by atoms with Gasteiger partial charge in [0, 0.05) is 43.2 Å². The highest BCUT2D eigenvalue weighted by Crippen LogP contribution is 2.29. The number of benzene rings is 2. The maximum atomic E-state index is 9.70. The van der Waals surface area contributed by atoms with Gasteiger partial charge in [0.15, 0.2) is 5.82 Å². The number of β-amino-alcohol motifs (C(OH)–C–C–N with tert-alkyl or cyclic N) is 1. The van der Waals surface area contributed by atoms with Crippen molar-refractivity contribution in [3.63, 3.8) is 0 Å². The summed E-state index contributed by atoms with van der Waals surface area (Å²) in [6.45, 7) is 7.54. The maximum absolute atomic E-state index is 9.70. The number of hydrogen-bond donors (Lipinski definition) is 1. The van der Waals surface area contributed by atoms with Gasteiger partial charge in [-0.1, -0.05) is 42.5 Å². The summed E-state index contributed by atoms with van der Waals surface area (Å²) in [4.78, 5) is 14.5. The first kappa shape index (κ1) is 17.9. The topological polar surface area (TPSA) is 52.5 Å². The fourth-order valence-corrected chi connectivity index (χ4v) is 3.88. The summed E-state index contributed by atoms with van der Waals surface area (Å²) in [6, 6.07) is 18.7. The van der Waals surface area contributed by atoms with Gasteiger partial charge in [0.05, 0.1) is 11.6 Å². The molecule has 0 saturated carbocycles. The Balaban J connectivity index is 1.73. The highest BCUT2D eigenvalue weighted by Gasteiger charge is 2.27. The van der Waals surface area contributed by atoms with Gasteiger partial charge in [-0.3, -0.25) is 4.90 Å². The van der Waals surface area contributed by atoms with Gasteiger partial charge < -0.3 is 10.0 Å². The molecule has 1 fully saturated rings. The van der Waals surface area contributed by atoms with Crippen molar-refractivity contribution in [3.05, 3.63) is 54.6 Å². The molecule has 1 saturated heterocycles. The van der Waals surface area contributed by atoms with Crippen LogP contribution >= 0.6 is 0 Å². The zero-order chi connectivity index (χ0) is 18.8. The van der Waals surface area contributed by atoms with E-state index in [1.54, 1.807) is 0 Å². The third kappa shape index (κ3) is 3.80. The number of anilines is 1. The molecule has 0 aliphatic carbocycles. The maximum Gasteiger partial charge on any atom is 0.162 e. The van der Waals surface area contributed by atoms with E-state index in [0.717, 1.165) is 54.3 Å². The second-order valence-corrected chi connectivity index (χ2v) is 7.41. The van der Waals surface area contributed by atoms with Crippen LogP contribution in [0.2, 0.25) is 0 Å². The van der Waals surface area contributed by atoms with Gasteiger partial charge in [-0.25, -0.2) is 9.97 Å². The Hall–Kier alpha value is -2.50. The van der Waals surface area contributed by atoms with Crippen LogP contribution in [0, 0.1) is 0 Å². The number of piperazine rings is 1. The van der Waals surface area contributed by atoms with Crippen molar-refractivity contribution in [1.29, 1.82) is 0 Å². The first-order valence-electron chi connectivity index (χ1n) is 9.61. The number of rotatable bonds is 4. The number of para-hydroxylation sites is 1. The number of aromatic nitrogens is 2. The van der Waals surface area contributed by atoms with E-state index in [1.165, 1.54) is 0 Å². The molecule has 5 heteroatoms. The van der Waals surface area contributed by atoms with Crippen molar-refractivity contribution >= 4 is 16.7 Å². The molecule has 2 unspecified atom stereocenters. The van der Waals surface area contributed by atoms with Gasteiger partial charge in [-0.15, -0.1) is 0 Å². The SMILES string of the molecule is CC(O)CN1CCN(c2nc(-c3ccccc3)nc3ccccc23)C(C)C1. The fraction of sp³-hybridized carbons (Fsp3) is 0.364. The van der Waals surface area contributed by atoms with E-state index in [-0.39, 0.29) is 6.10 Å². The zero-order valence-electron chi connectivity index (χ0n) is 15.9. The molecule has 0 radical (unpaired) electrons. The van der Waals surface area contributed by atoms with Crippen LogP contribution in [-0.4, -0.2) is 58.3 Å². The number of nitrogens with zero attached hydrogens (tertiary/aromatic N) is 4. The molecular weight excluding hydrogens is 336 g/mol. The minimum atomic E-state index is -0.298. The Morgan fingerprint density at radius 3 is 2.52 bits per heavy atom. The van der Waals surface area contributed by atoms with Crippen molar-refractivity contribution in [1.82, 2.24) is 14.9 Å². The summed E-state index contributed by atoms with van der Waals surface area (Å²) in [7, 11) is 0. The fourth-order valence-electron chi connectivity index (χ4n) is 3.88. The lowest BCUT2D eigenvalue weighted by Crippen LogP contribution is -2.53. The summed E-state index contributed by atoms with van der Waals surface area (Å²) in [5.74, 6) is 1.77. The van der Waals surface area contributed by atoms with Crippen molar-refractivity contribution in [3.8, 4) is 11.4 Å². The zero-order valence-corrected chi connectivity index (χ0v) is 15.9. The lowest BCUT2D eigenvalue weighted by atomic mass is 10.1. The first-order valence-corrected chi connectivity index (χ1v) is 9.61. The van der Waals surface area contributed by atoms with E-state index in [2.05, 4.69) is 41.0 Å². The second-order valence-electron chi connectivity index (χ2n) is 7.41. The number of aliphatic hydroxyl groups is 1. The highest BCUT2D eigenvalue weighted by molar-refractivity contribution is 5.91. The molecule has 2 heterocycles. The largest absolute Gasteiger partial charge is 0.392 e. The van der Waals surface area contributed by atoms with Gasteiger partial charge >= 0.3 is 0 Å². The van der Waals surface area contributed by atoms with Gasteiger partial charge in [-0.05, 0) is 26.0 Å². The third-order valence-corrected chi connectivity index (χ3v) is 5.12. The summed E-state index contributed by atoms with van der Waals surface area (Å²) in [6.07, 6.45) is -0.298. The Morgan fingerprint density at radius 2 is 1.78 bits per heavy atom. The van der Waals surface area contributed by atoms with E-state index in [1.807, 2.05) is 37.3 Å². The van der Waals surface area contributed by atoms with E-state index in [0.29, 0.717) is 6.04 Å². The lowest BCUT2D eigenvalue weighted by molar-refractivity contribution is 0.114. The van der Waals surface area contributed by atoms with Crippen LogP contribution in [0.25, 0.3) is 22.3 Å². The van der Waals surface area contributed by atoms with Crippen LogP contribution in [0.1, 0.15) is 13.8 Å². The standard InChI is InChI=1S/C22H26N4O/c1-16-14-25(15-17(2)27)12-13-26(16)22-19-10-6-7-11-20(19)23-21(24-22)18-8-4-3-5-9-18/h3-11,16-17,27H,12-15H2,1-2H3. The minimum Gasteiger partial charge on any atom is -0.392 e. The molecule has 4 rings (SSSR count). The Labute approximate surface area is 160 Å². The minimum absolute atomic E-state index is 0.298. The molecule has 0 amide bonds. The molecule has 5 nitrogen and oxygen atoms in total. The van der Waals surface area contributed by atoms with E-state index in [4.69, 9.17) is 9.97 Å². The molecule has 2 aromatic carbocycles. The van der Waals surface area contributed by atoms with E-state index in [9.17, 15) is 5.11 Å². The first-order chi connectivity index (χ1) is 13.1. The summed E-state index contributed by atoms with van der Waals surface area (Å²) in [5, 5.41) is 10.8. The molecule has 1 aliphatic rings. The molecule has 140 valence electrons. The van der Waals surface area contributed by atoms with Crippen LogP contribution in [0.3, 0.4) is 0 Å². The second kappa shape index (κ2) is 7.62. The number of fused-ring (bicyclic) bond motifs is 1. The molecule has 0 spiro atoms. The van der Waals surface area contributed by atoms with Gasteiger partial charge in [0.2, 0.25) is 0 Å². The molecular formula is C22H26N4O. The summed E-state index contributed by atoms with van der Waals surface area (Å²) < 4.78 is 0. The monoisotopic (exact) mass is 362 g/mol. The third-order valence-electron chi connectivity index (χ3n) is 5.12. The van der Waals surface area contributed by atoms with Crippen LogP contribution in [0.4, 0.5) is 5.82 Å². The normalized spacial score (nSPS) is 19.4. The van der Waals surface area contributed by atoms with E-state index < -0.39 is 0 Å². The average molecular weight is 362 g/mol. The summed E-state index contributed by atoms with van der Waals surface area (Å²) >= 11 is 0. The van der Waals surface area contributed by atoms with Crippen molar-refractivity contribution in [2.45, 2.75) is 26.0 Å². The number of aliphatic hydroxyl groups excluding tert-OH is 1. The van der Waals surface area contributed by atoms with E-state index >= 15 is 0 Å². The highest BCUT2D eigenvalue weighted by atomic mass is 16.3. The van der Waals surface area contributed by atoms with Gasteiger partial charge in [0.25, 0.3) is 0 Å². The number of hydrogen-bond acceptors (Lipinski definition) is 5. The molecule has 3 aromatic rings. The van der Waals surface area contributed by atoms with Crippen LogP contribution < -0.4 is 4.90 Å². The molecule has 1 aromatic heterocycles. The molecule has 0 bridgehead atoms. The summed E-state index contributed by atoms with van der Waals surface area (Å²) in [5.41, 5.74) is 2.00. The predicted molar refractivity (Wildman–Crippen MR) is 110 cm³/mol. The lowest BCUT2D eigenvalue weighted by Gasteiger charge is -2.41. The van der Waals surface area contributed by atoms with Gasteiger partial charge in [0.1, 0.15) is 5.82 Å². The van der Waals surface area contributed by atoms with Crippen molar-refractivity contribution in [2.75, 3.05) is 31.1 Å². The van der Waals surface area contributed by atoms with Crippen molar-refractivity contribution in [2.24, 2.45) is 0 Å². The van der Waals surface area contributed by atoms with Crippen LogP contribution in [0.5, 0.6) is 0 Å². The van der Waals surface area contributed by atoms with Gasteiger partial charge in [-0.2, -0.15) is 0 Å². The Kier molecular flexibility index (Phi) is 5.05. The smallest absolute Gasteiger partial charge is 0.162 e. The van der Waals surface area contributed by atoms with Crippen LogP contribution in [-0.2, 0) is 0 Å². The Bertz CT molecular complexity index is 913. The molecule has 1 N–H and O–H groups in total. The van der Waals surface area contributed by atoms with Crippen molar-refractivity contribution < 1.29 is 5.11 Å².